The van der Waals surface area contributed by atoms with Crippen LogP contribution in [0.4, 0.5) is 0 Å². The molecule has 0 spiro atoms. The maximum atomic E-state index is 11.9. The number of thioether (sulfide) groups is 1. The summed E-state index contributed by atoms with van der Waals surface area (Å²) in [5.41, 5.74) is 1.77. The Bertz CT molecular complexity index is 689. The molecule has 0 saturated carbocycles. The second-order valence-electron chi connectivity index (χ2n) is 3.88. The van der Waals surface area contributed by atoms with Gasteiger partial charge in [0.15, 0.2) is 0 Å². The van der Waals surface area contributed by atoms with Crippen molar-refractivity contribution >= 4 is 51.3 Å². The minimum Gasteiger partial charge on any atom is -0.346 e. The summed E-state index contributed by atoms with van der Waals surface area (Å²) in [4.78, 5) is 21.3. The van der Waals surface area contributed by atoms with Gasteiger partial charge in [0, 0.05) is 30.4 Å². The summed E-state index contributed by atoms with van der Waals surface area (Å²) in [6.45, 7) is 0. The van der Waals surface area contributed by atoms with E-state index in [9.17, 15) is 4.79 Å². The second kappa shape index (κ2) is 4.22. The van der Waals surface area contributed by atoms with Crippen LogP contribution >= 0.6 is 24.0 Å². The number of nitrogens with one attached hydrogen (secondary N) is 1. The summed E-state index contributed by atoms with van der Waals surface area (Å²) in [6.07, 6.45) is 5.43. The number of thiocarbonyl (C=S) groups is 1. The van der Waals surface area contributed by atoms with Gasteiger partial charge in [0.05, 0.1) is 4.91 Å². The number of rotatable bonds is 1. The van der Waals surface area contributed by atoms with Gasteiger partial charge in [-0.2, -0.15) is 0 Å². The quantitative estimate of drug-likeness (QED) is 0.641. The largest absolute Gasteiger partial charge is 0.346 e. The normalized spacial score (nSPS) is 18.3. The number of hydrogen-bond acceptors (Lipinski definition) is 4. The number of hydrogen-bond donors (Lipinski definition) is 1. The molecule has 1 aliphatic heterocycles. The minimum absolute atomic E-state index is 0.0526. The molecule has 3 heterocycles. The van der Waals surface area contributed by atoms with E-state index < -0.39 is 0 Å². The number of nitrogens with zero attached hydrogens (tertiary/aromatic N) is 2. The topological polar surface area (TPSA) is 49.0 Å². The highest BCUT2D eigenvalue weighted by atomic mass is 32.2. The predicted octanol–water partition coefficient (Wildman–Crippen LogP) is 2.39. The Morgan fingerprint density at radius 2 is 2.39 bits per heavy atom. The zero-order chi connectivity index (χ0) is 12.7. The fourth-order valence-corrected chi connectivity index (χ4v) is 2.95. The molecule has 1 saturated heterocycles. The van der Waals surface area contributed by atoms with Gasteiger partial charge in [-0.05, 0) is 18.2 Å². The highest BCUT2D eigenvalue weighted by Gasteiger charge is 2.28. The third kappa shape index (κ3) is 1.74. The van der Waals surface area contributed by atoms with E-state index in [1.807, 2.05) is 24.4 Å². The van der Waals surface area contributed by atoms with Gasteiger partial charge in [-0.25, -0.2) is 4.98 Å². The maximum absolute atomic E-state index is 11.9. The summed E-state index contributed by atoms with van der Waals surface area (Å²) in [5.74, 6) is -0.0526. The number of pyridine rings is 1. The van der Waals surface area contributed by atoms with Crippen LogP contribution in [-0.4, -0.2) is 32.1 Å². The number of H-pyrrole nitrogens is 1. The first-order valence-electron chi connectivity index (χ1n) is 5.30. The van der Waals surface area contributed by atoms with E-state index >= 15 is 0 Å². The predicted molar refractivity (Wildman–Crippen MR) is 77.0 cm³/mol. The molecular formula is C12H9N3OS2. The fourth-order valence-electron chi connectivity index (χ4n) is 1.78. The Morgan fingerprint density at radius 1 is 1.56 bits per heavy atom. The lowest BCUT2D eigenvalue weighted by atomic mass is 10.2. The van der Waals surface area contributed by atoms with E-state index in [0.29, 0.717) is 9.23 Å². The van der Waals surface area contributed by atoms with Crippen LogP contribution < -0.4 is 0 Å². The fraction of sp³-hybridized carbons (Fsp3) is 0.0833. The SMILES string of the molecule is CN1C(=O)/C(=C/c2c[nH]c3ncccc23)SC1=S. The number of aromatic amines is 1. The van der Waals surface area contributed by atoms with E-state index in [2.05, 4.69) is 9.97 Å². The Hall–Kier alpha value is -1.66. The second-order valence-corrected chi connectivity index (χ2v) is 5.56. The van der Waals surface area contributed by atoms with E-state index in [-0.39, 0.29) is 5.91 Å². The van der Waals surface area contributed by atoms with Gasteiger partial charge in [0.2, 0.25) is 0 Å². The van der Waals surface area contributed by atoms with Crippen molar-refractivity contribution in [2.75, 3.05) is 7.05 Å². The van der Waals surface area contributed by atoms with Crippen molar-refractivity contribution in [1.82, 2.24) is 14.9 Å². The van der Waals surface area contributed by atoms with Gasteiger partial charge < -0.3 is 4.98 Å². The van der Waals surface area contributed by atoms with Gasteiger partial charge in [0.1, 0.15) is 9.97 Å². The first kappa shape index (κ1) is 11.4. The number of likely N-dealkylation sites (N-methyl/N-ethyl adjacent to an activating group) is 1. The standard InChI is InChI=1S/C12H9N3OS2/c1-15-11(16)9(18-12(15)17)5-7-6-14-10-8(7)3-2-4-13-10/h2-6H,1H3,(H,13,14)/b9-5-. The molecule has 1 fully saturated rings. The van der Waals surface area contributed by atoms with Crippen LogP contribution in [0.1, 0.15) is 5.56 Å². The average Bonchev–Trinajstić information content (AvgIpc) is 2.89. The van der Waals surface area contributed by atoms with Crippen LogP contribution in [0.2, 0.25) is 0 Å². The van der Waals surface area contributed by atoms with E-state index in [0.717, 1.165) is 16.6 Å². The molecular weight excluding hydrogens is 266 g/mol. The van der Waals surface area contributed by atoms with Crippen LogP contribution in [0.3, 0.4) is 0 Å². The van der Waals surface area contributed by atoms with Crippen LogP contribution in [0, 0.1) is 0 Å². The summed E-state index contributed by atoms with van der Waals surface area (Å²) in [7, 11) is 1.69. The van der Waals surface area contributed by atoms with Gasteiger partial charge in [-0.15, -0.1) is 0 Å². The lowest BCUT2D eigenvalue weighted by molar-refractivity contribution is -0.121. The van der Waals surface area contributed by atoms with Crippen LogP contribution in [0.25, 0.3) is 17.1 Å². The maximum Gasteiger partial charge on any atom is 0.265 e. The zero-order valence-electron chi connectivity index (χ0n) is 9.51. The highest BCUT2D eigenvalue weighted by Crippen LogP contribution is 2.32. The Kier molecular flexibility index (Phi) is 2.68. The molecule has 4 nitrogen and oxygen atoms in total. The van der Waals surface area contributed by atoms with Gasteiger partial charge in [0.25, 0.3) is 5.91 Å². The molecule has 6 heteroatoms. The summed E-state index contributed by atoms with van der Waals surface area (Å²) >= 11 is 6.42. The molecule has 1 amide bonds. The van der Waals surface area contributed by atoms with Crippen molar-refractivity contribution in [2.45, 2.75) is 0 Å². The lowest BCUT2D eigenvalue weighted by Gasteiger charge is -2.03. The van der Waals surface area contributed by atoms with Crippen molar-refractivity contribution in [3.8, 4) is 0 Å². The molecule has 1 aliphatic rings. The van der Waals surface area contributed by atoms with Crippen molar-refractivity contribution in [1.29, 1.82) is 0 Å². The third-order valence-electron chi connectivity index (χ3n) is 2.76. The molecule has 3 rings (SSSR count). The molecule has 0 radical (unpaired) electrons. The Morgan fingerprint density at radius 3 is 3.11 bits per heavy atom. The van der Waals surface area contributed by atoms with Gasteiger partial charge >= 0.3 is 0 Å². The molecule has 1 N–H and O–H groups in total. The molecule has 0 atom stereocenters. The summed E-state index contributed by atoms with van der Waals surface area (Å²) in [6, 6.07) is 3.84. The average molecular weight is 275 g/mol. The Labute approximate surface area is 113 Å². The Balaban J connectivity index is 2.07. The molecule has 0 aliphatic carbocycles. The van der Waals surface area contributed by atoms with Crippen LogP contribution in [0.5, 0.6) is 0 Å². The molecule has 2 aromatic heterocycles. The smallest absolute Gasteiger partial charge is 0.265 e. The third-order valence-corrected chi connectivity index (χ3v) is 4.24. The number of carbonyl (C=O) groups is 1. The first-order valence-corrected chi connectivity index (χ1v) is 6.53. The first-order chi connectivity index (χ1) is 8.66. The zero-order valence-corrected chi connectivity index (χ0v) is 11.1. The van der Waals surface area contributed by atoms with Crippen molar-refractivity contribution in [3.05, 3.63) is 35.0 Å². The summed E-state index contributed by atoms with van der Waals surface area (Å²) in [5, 5.41) is 0.999. The molecule has 2 aromatic rings. The number of fused-ring (bicyclic) bond motifs is 1. The van der Waals surface area contributed by atoms with E-state index in [1.165, 1.54) is 16.7 Å². The summed E-state index contributed by atoms with van der Waals surface area (Å²) < 4.78 is 0.587. The van der Waals surface area contributed by atoms with Crippen molar-refractivity contribution < 1.29 is 4.79 Å². The molecule has 18 heavy (non-hydrogen) atoms. The van der Waals surface area contributed by atoms with E-state index in [1.54, 1.807) is 13.2 Å². The van der Waals surface area contributed by atoms with Gasteiger partial charge in [-0.1, -0.05) is 24.0 Å². The minimum atomic E-state index is -0.0526. The van der Waals surface area contributed by atoms with Crippen molar-refractivity contribution in [3.63, 3.8) is 0 Å². The highest BCUT2D eigenvalue weighted by molar-refractivity contribution is 8.26. The molecule has 90 valence electrons. The molecule has 0 aromatic carbocycles. The number of carbonyl (C=O) groups excluding carboxylic acids is 1. The number of amides is 1. The lowest BCUT2D eigenvalue weighted by Crippen LogP contribution is -2.22. The van der Waals surface area contributed by atoms with E-state index in [4.69, 9.17) is 12.2 Å². The van der Waals surface area contributed by atoms with Crippen molar-refractivity contribution in [2.24, 2.45) is 0 Å². The molecule has 0 bridgehead atoms. The molecule has 0 unspecified atom stereocenters. The number of aromatic nitrogens is 2. The van der Waals surface area contributed by atoms with Crippen LogP contribution in [-0.2, 0) is 4.79 Å². The van der Waals surface area contributed by atoms with Gasteiger partial charge in [-0.3, -0.25) is 9.69 Å². The monoisotopic (exact) mass is 275 g/mol. The van der Waals surface area contributed by atoms with Crippen LogP contribution in [0.15, 0.2) is 29.4 Å².